The van der Waals surface area contributed by atoms with Gasteiger partial charge >= 0.3 is 5.97 Å². The fourth-order valence-electron chi connectivity index (χ4n) is 1.97. The minimum Gasteiger partial charge on any atom is -0.469 e. The zero-order valence-electron chi connectivity index (χ0n) is 10.6. The monoisotopic (exact) mass is 277 g/mol. The molecule has 0 fully saturated rings. The fourth-order valence-corrected chi connectivity index (χ4v) is 2.10. The Kier molecular flexibility index (Phi) is 4.11. The zero-order chi connectivity index (χ0) is 13.8. The summed E-state index contributed by atoms with van der Waals surface area (Å²) in [5.74, 6) is 0.525. The van der Waals surface area contributed by atoms with Gasteiger partial charge in [-0.05, 0) is 12.1 Å². The maximum absolute atomic E-state index is 11.3. The number of carbonyl (C=O) groups excluding carboxylic acids is 1. The summed E-state index contributed by atoms with van der Waals surface area (Å²) in [7, 11) is 1.38. The van der Waals surface area contributed by atoms with Crippen molar-refractivity contribution in [3.63, 3.8) is 0 Å². The molecule has 0 radical (unpaired) electrons. The van der Waals surface area contributed by atoms with Crippen molar-refractivity contribution in [1.29, 1.82) is 0 Å². The van der Waals surface area contributed by atoms with Gasteiger partial charge in [0.15, 0.2) is 0 Å². The lowest BCUT2D eigenvalue weighted by molar-refractivity contribution is -0.140. The summed E-state index contributed by atoms with van der Waals surface area (Å²) in [5, 5.41) is 0. The smallest absolute Gasteiger partial charge is 0.307 e. The number of imidazole rings is 1. The van der Waals surface area contributed by atoms with E-state index in [-0.39, 0.29) is 5.97 Å². The van der Waals surface area contributed by atoms with E-state index in [9.17, 15) is 4.79 Å². The van der Waals surface area contributed by atoms with E-state index in [2.05, 4.69) is 9.72 Å². The molecule has 0 amide bonds. The van der Waals surface area contributed by atoms with Crippen LogP contribution in [-0.4, -0.2) is 27.6 Å². The zero-order valence-corrected chi connectivity index (χ0v) is 11.4. The number of para-hydroxylation sites is 2. The van der Waals surface area contributed by atoms with Crippen molar-refractivity contribution in [3.8, 4) is 0 Å². The van der Waals surface area contributed by atoms with Crippen molar-refractivity contribution in [3.05, 3.63) is 30.1 Å². The van der Waals surface area contributed by atoms with Crippen LogP contribution in [-0.2, 0) is 22.5 Å². The first-order valence-corrected chi connectivity index (χ1v) is 6.32. The molecular formula is C13H15N3O2S. The fraction of sp³-hybridized carbons (Fsp3) is 0.308. The topological polar surface area (TPSA) is 70.1 Å². The average Bonchev–Trinajstić information content (AvgIpc) is 2.72. The number of hydrogen-bond acceptors (Lipinski definition) is 4. The minimum absolute atomic E-state index is 0.251. The Bertz CT molecular complexity index is 621. The number of carbonyl (C=O) groups is 1. The van der Waals surface area contributed by atoms with Crippen LogP contribution in [0, 0.1) is 0 Å². The number of fused-ring (bicyclic) bond motifs is 1. The van der Waals surface area contributed by atoms with Crippen molar-refractivity contribution in [1.82, 2.24) is 9.55 Å². The number of ether oxygens (including phenoxy) is 1. The molecule has 5 nitrogen and oxygen atoms in total. The van der Waals surface area contributed by atoms with Crippen molar-refractivity contribution >= 4 is 34.2 Å². The summed E-state index contributed by atoms with van der Waals surface area (Å²) in [6.07, 6.45) is 0.715. The standard InChI is InChI=1S/C13H15N3O2S/c1-18-13(17)6-7-16-10-5-3-2-4-9(10)15-12(16)8-11(14)19/h2-5H,6-8H2,1H3,(H2,14,19). The van der Waals surface area contributed by atoms with Crippen LogP contribution < -0.4 is 5.73 Å². The molecule has 0 atom stereocenters. The van der Waals surface area contributed by atoms with Gasteiger partial charge in [-0.1, -0.05) is 24.4 Å². The van der Waals surface area contributed by atoms with Gasteiger partial charge in [-0.25, -0.2) is 4.98 Å². The molecule has 0 aliphatic carbocycles. The number of methoxy groups -OCH3 is 1. The van der Waals surface area contributed by atoms with E-state index in [0.717, 1.165) is 16.9 Å². The van der Waals surface area contributed by atoms with Crippen LogP contribution in [0.4, 0.5) is 0 Å². The second-order valence-electron chi connectivity index (χ2n) is 4.14. The van der Waals surface area contributed by atoms with Crippen LogP contribution in [0.15, 0.2) is 24.3 Å². The Balaban J connectivity index is 2.36. The van der Waals surface area contributed by atoms with Gasteiger partial charge in [-0.3, -0.25) is 4.79 Å². The maximum Gasteiger partial charge on any atom is 0.307 e. The van der Waals surface area contributed by atoms with Crippen molar-refractivity contribution in [2.45, 2.75) is 19.4 Å². The van der Waals surface area contributed by atoms with Crippen molar-refractivity contribution in [2.75, 3.05) is 7.11 Å². The number of esters is 1. The molecule has 0 bridgehead atoms. The van der Waals surface area contributed by atoms with E-state index < -0.39 is 0 Å². The first-order valence-electron chi connectivity index (χ1n) is 5.91. The molecule has 0 saturated heterocycles. The minimum atomic E-state index is -0.251. The third-order valence-corrected chi connectivity index (χ3v) is 2.98. The number of aryl methyl sites for hydroxylation is 1. The lowest BCUT2D eigenvalue weighted by Crippen LogP contribution is -2.16. The Hall–Kier alpha value is -1.95. The quantitative estimate of drug-likeness (QED) is 0.661. The number of rotatable bonds is 5. The van der Waals surface area contributed by atoms with Gasteiger partial charge in [0.05, 0.1) is 36.0 Å². The number of thiocarbonyl (C=S) groups is 1. The lowest BCUT2D eigenvalue weighted by atomic mass is 10.3. The molecule has 2 rings (SSSR count). The molecule has 19 heavy (non-hydrogen) atoms. The highest BCUT2D eigenvalue weighted by Gasteiger charge is 2.12. The number of nitrogens with zero attached hydrogens (tertiary/aromatic N) is 2. The summed E-state index contributed by atoms with van der Waals surface area (Å²) in [6, 6.07) is 7.74. The summed E-state index contributed by atoms with van der Waals surface area (Å²) < 4.78 is 6.62. The Morgan fingerprint density at radius 2 is 2.21 bits per heavy atom. The van der Waals surface area contributed by atoms with Crippen LogP contribution in [0.5, 0.6) is 0 Å². The summed E-state index contributed by atoms with van der Waals surface area (Å²) in [5.41, 5.74) is 7.43. The molecule has 0 aliphatic heterocycles. The third kappa shape index (κ3) is 3.08. The molecule has 0 saturated carbocycles. The van der Waals surface area contributed by atoms with Crippen molar-refractivity contribution in [2.24, 2.45) is 5.73 Å². The van der Waals surface area contributed by atoms with Crippen LogP contribution in [0.3, 0.4) is 0 Å². The van der Waals surface area contributed by atoms with E-state index in [4.69, 9.17) is 18.0 Å². The second kappa shape index (κ2) is 5.79. The van der Waals surface area contributed by atoms with E-state index in [0.29, 0.717) is 24.4 Å². The molecular weight excluding hydrogens is 262 g/mol. The van der Waals surface area contributed by atoms with Gasteiger partial charge in [0, 0.05) is 6.54 Å². The molecule has 2 N–H and O–H groups in total. The van der Waals surface area contributed by atoms with Crippen LogP contribution in [0.2, 0.25) is 0 Å². The Morgan fingerprint density at radius 3 is 2.89 bits per heavy atom. The predicted octanol–water partition coefficient (Wildman–Crippen LogP) is 1.43. The number of benzene rings is 1. The van der Waals surface area contributed by atoms with E-state index >= 15 is 0 Å². The first kappa shape index (κ1) is 13.5. The largest absolute Gasteiger partial charge is 0.469 e. The summed E-state index contributed by atoms with van der Waals surface area (Å²) in [6.45, 7) is 0.505. The van der Waals surface area contributed by atoms with Gasteiger partial charge in [0.1, 0.15) is 5.82 Å². The number of nitrogens with two attached hydrogens (primary N) is 1. The molecule has 0 aliphatic rings. The van der Waals surface area contributed by atoms with Crippen LogP contribution in [0.25, 0.3) is 11.0 Å². The van der Waals surface area contributed by atoms with Crippen LogP contribution in [0.1, 0.15) is 12.2 Å². The molecule has 1 aromatic heterocycles. The highest BCUT2D eigenvalue weighted by Crippen LogP contribution is 2.17. The van der Waals surface area contributed by atoms with Gasteiger partial charge in [-0.15, -0.1) is 0 Å². The number of hydrogen-bond donors (Lipinski definition) is 1. The Labute approximate surface area is 116 Å². The average molecular weight is 277 g/mol. The highest BCUT2D eigenvalue weighted by atomic mass is 32.1. The first-order chi connectivity index (χ1) is 9.11. The van der Waals surface area contributed by atoms with E-state index in [1.807, 2.05) is 28.8 Å². The second-order valence-corrected chi connectivity index (χ2v) is 4.66. The van der Waals surface area contributed by atoms with Crippen LogP contribution >= 0.6 is 12.2 Å². The highest BCUT2D eigenvalue weighted by molar-refractivity contribution is 7.80. The molecule has 1 heterocycles. The van der Waals surface area contributed by atoms with E-state index in [1.54, 1.807) is 0 Å². The van der Waals surface area contributed by atoms with Gasteiger partial charge < -0.3 is 15.0 Å². The van der Waals surface area contributed by atoms with E-state index in [1.165, 1.54) is 7.11 Å². The summed E-state index contributed by atoms with van der Waals surface area (Å²) >= 11 is 4.93. The van der Waals surface area contributed by atoms with Gasteiger partial charge in [0.2, 0.25) is 0 Å². The molecule has 1 aromatic carbocycles. The molecule has 2 aromatic rings. The normalized spacial score (nSPS) is 10.6. The third-order valence-electron chi connectivity index (χ3n) is 2.83. The molecule has 0 unspecified atom stereocenters. The van der Waals surface area contributed by atoms with Gasteiger partial charge in [0.25, 0.3) is 0 Å². The Morgan fingerprint density at radius 1 is 1.47 bits per heavy atom. The maximum atomic E-state index is 11.3. The summed E-state index contributed by atoms with van der Waals surface area (Å²) in [4.78, 5) is 16.2. The SMILES string of the molecule is COC(=O)CCn1c(CC(N)=S)nc2ccccc21. The number of aromatic nitrogens is 2. The van der Waals surface area contributed by atoms with Gasteiger partial charge in [-0.2, -0.15) is 0 Å². The lowest BCUT2D eigenvalue weighted by Gasteiger charge is -2.07. The molecule has 6 heteroatoms. The molecule has 0 spiro atoms. The predicted molar refractivity (Wildman–Crippen MR) is 76.9 cm³/mol. The van der Waals surface area contributed by atoms with Crippen molar-refractivity contribution < 1.29 is 9.53 Å². The molecule has 100 valence electrons.